The zero-order valence-corrected chi connectivity index (χ0v) is 9.55. The van der Waals surface area contributed by atoms with Gasteiger partial charge in [0.25, 0.3) is 0 Å². The number of halogens is 5. The molecule has 17 heavy (non-hydrogen) atoms. The fraction of sp³-hybridized carbons (Fsp3) is 0.222. The molecule has 0 amide bonds. The van der Waals surface area contributed by atoms with Crippen molar-refractivity contribution in [2.24, 2.45) is 4.99 Å². The molecule has 0 aliphatic rings. The first-order valence-corrected chi connectivity index (χ1v) is 4.88. The third kappa shape index (κ3) is 3.54. The van der Waals surface area contributed by atoms with Crippen molar-refractivity contribution in [3.05, 3.63) is 22.7 Å². The van der Waals surface area contributed by atoms with E-state index in [4.69, 9.17) is 0 Å². The predicted molar refractivity (Wildman–Crippen MR) is 53.5 cm³/mol. The number of hydrogen-bond acceptors (Lipinski definition) is 3. The molecule has 1 aromatic carbocycles. The molecule has 0 heterocycles. The molecule has 0 N–H and O–H groups in total. The zero-order valence-electron chi connectivity index (χ0n) is 7.96. The van der Waals surface area contributed by atoms with E-state index < -0.39 is 18.3 Å². The lowest BCUT2D eigenvalue weighted by molar-refractivity contribution is -0.253. The molecule has 1 aromatic rings. The summed E-state index contributed by atoms with van der Waals surface area (Å²) in [6.45, 7) is 0. The van der Waals surface area contributed by atoms with Crippen molar-refractivity contribution in [2.45, 2.75) is 12.5 Å². The second kappa shape index (κ2) is 5.29. The van der Waals surface area contributed by atoms with Gasteiger partial charge in [0, 0.05) is 0 Å². The quantitative estimate of drug-likeness (QED) is 0.483. The fourth-order valence-corrected chi connectivity index (χ4v) is 1.33. The highest BCUT2D eigenvalue weighted by Crippen LogP contribution is 2.34. The van der Waals surface area contributed by atoms with E-state index in [1.165, 1.54) is 6.08 Å². The number of isocyanates is 1. The Morgan fingerprint density at radius 3 is 2.53 bits per heavy atom. The van der Waals surface area contributed by atoms with Crippen molar-refractivity contribution < 1.29 is 27.1 Å². The van der Waals surface area contributed by atoms with Crippen molar-refractivity contribution >= 4 is 27.7 Å². The van der Waals surface area contributed by atoms with Crippen LogP contribution in [0.5, 0.6) is 5.75 Å². The van der Waals surface area contributed by atoms with E-state index in [1.54, 1.807) is 0 Å². The van der Waals surface area contributed by atoms with Crippen LogP contribution in [0.3, 0.4) is 0 Å². The molecule has 0 aromatic heterocycles. The van der Waals surface area contributed by atoms with E-state index in [0.717, 1.165) is 18.2 Å². The van der Waals surface area contributed by atoms with Gasteiger partial charge in [0.2, 0.25) is 6.08 Å². The van der Waals surface area contributed by atoms with Gasteiger partial charge in [0.1, 0.15) is 5.75 Å². The van der Waals surface area contributed by atoms with Crippen molar-refractivity contribution in [1.29, 1.82) is 0 Å². The monoisotopic (exact) mass is 313 g/mol. The number of aliphatic imine (C=N–C) groups is 1. The molecule has 0 aliphatic heterocycles. The number of carbonyl (C=O) groups excluding carboxylic acids is 1. The normalized spacial score (nSPS) is 11.2. The summed E-state index contributed by atoms with van der Waals surface area (Å²) >= 11 is 2.83. The Morgan fingerprint density at radius 1 is 1.41 bits per heavy atom. The van der Waals surface area contributed by atoms with Crippen molar-refractivity contribution in [1.82, 2.24) is 0 Å². The Kier molecular flexibility index (Phi) is 4.25. The lowest BCUT2D eigenvalue weighted by atomic mass is 10.3. The number of alkyl halides is 4. The summed E-state index contributed by atoms with van der Waals surface area (Å²) in [6.07, 6.45) is -7.29. The topological polar surface area (TPSA) is 38.7 Å². The molecule has 8 heteroatoms. The summed E-state index contributed by atoms with van der Waals surface area (Å²) in [4.78, 5) is 13.1. The first-order chi connectivity index (χ1) is 7.86. The van der Waals surface area contributed by atoms with Crippen LogP contribution in [-0.4, -0.2) is 18.6 Å². The Labute approximate surface area is 101 Å². The maximum atomic E-state index is 12.6. The van der Waals surface area contributed by atoms with Crippen LogP contribution in [0, 0.1) is 0 Å². The molecule has 3 nitrogen and oxygen atoms in total. The summed E-state index contributed by atoms with van der Waals surface area (Å²) in [5, 5.41) is 0. The lowest BCUT2D eigenvalue weighted by Gasteiger charge is -2.17. The van der Waals surface area contributed by atoms with Gasteiger partial charge in [-0.15, -0.1) is 0 Å². The van der Waals surface area contributed by atoms with Crippen molar-refractivity contribution in [3.63, 3.8) is 0 Å². The molecule has 0 atom stereocenters. The number of rotatable bonds is 4. The minimum Gasteiger partial charge on any atom is -0.427 e. The smallest absolute Gasteiger partial charge is 0.427 e. The molecule has 0 saturated carbocycles. The highest BCUT2D eigenvalue weighted by molar-refractivity contribution is 9.10. The molecular formula is C9H4BrF4NO2. The van der Waals surface area contributed by atoms with Crippen molar-refractivity contribution in [3.8, 4) is 5.75 Å². The average Bonchev–Trinajstić information content (AvgIpc) is 2.22. The molecular weight excluding hydrogens is 310 g/mol. The van der Waals surface area contributed by atoms with Crippen LogP contribution in [-0.2, 0) is 4.79 Å². The molecule has 0 spiro atoms. The molecule has 92 valence electrons. The van der Waals surface area contributed by atoms with E-state index in [9.17, 15) is 22.4 Å². The highest BCUT2D eigenvalue weighted by atomic mass is 79.9. The van der Waals surface area contributed by atoms with Gasteiger partial charge in [-0.2, -0.15) is 22.6 Å². The zero-order chi connectivity index (χ0) is 13.1. The van der Waals surface area contributed by atoms with E-state index in [2.05, 4.69) is 25.7 Å². The molecule has 0 fully saturated rings. The number of hydrogen-bond donors (Lipinski definition) is 0. The number of ether oxygens (including phenoxy) is 1. The first kappa shape index (κ1) is 13.7. The highest BCUT2D eigenvalue weighted by Gasteiger charge is 2.44. The molecule has 0 radical (unpaired) electrons. The van der Waals surface area contributed by atoms with Gasteiger partial charge in [-0.3, -0.25) is 0 Å². The largest absolute Gasteiger partial charge is 0.461 e. The van der Waals surface area contributed by atoms with Gasteiger partial charge < -0.3 is 4.74 Å². The minimum absolute atomic E-state index is 0.0330. The SMILES string of the molecule is O=C=Nc1ccc(OC(F)(F)C(F)F)c(Br)c1. The van der Waals surface area contributed by atoms with Crippen LogP contribution in [0.4, 0.5) is 23.2 Å². The Balaban J connectivity index is 2.97. The second-order valence-electron chi connectivity index (χ2n) is 2.78. The molecule has 0 unspecified atom stereocenters. The maximum absolute atomic E-state index is 12.6. The van der Waals surface area contributed by atoms with Crippen LogP contribution in [0.1, 0.15) is 0 Å². The van der Waals surface area contributed by atoms with Crippen LogP contribution in [0.2, 0.25) is 0 Å². The fourth-order valence-electron chi connectivity index (χ4n) is 0.886. The molecule has 0 saturated heterocycles. The van der Waals surface area contributed by atoms with Crippen LogP contribution in [0.15, 0.2) is 27.7 Å². The maximum Gasteiger partial charge on any atom is 0.461 e. The summed E-state index contributed by atoms with van der Waals surface area (Å²) < 4.78 is 52.7. The minimum atomic E-state index is -4.59. The van der Waals surface area contributed by atoms with E-state index in [0.29, 0.717) is 0 Å². The van der Waals surface area contributed by atoms with Gasteiger partial charge in [0.05, 0.1) is 10.2 Å². The van der Waals surface area contributed by atoms with E-state index in [1.807, 2.05) is 0 Å². The van der Waals surface area contributed by atoms with Gasteiger partial charge in [-0.25, -0.2) is 4.79 Å². The number of nitrogens with zero attached hydrogens (tertiary/aromatic N) is 1. The average molecular weight is 314 g/mol. The van der Waals surface area contributed by atoms with Gasteiger partial charge in [-0.1, -0.05) is 0 Å². The summed E-state index contributed by atoms with van der Waals surface area (Å²) in [6, 6.07) is 3.28. The summed E-state index contributed by atoms with van der Waals surface area (Å²) in [5.41, 5.74) is 0.125. The predicted octanol–water partition coefficient (Wildman–Crippen LogP) is 3.65. The van der Waals surface area contributed by atoms with E-state index >= 15 is 0 Å². The van der Waals surface area contributed by atoms with E-state index in [-0.39, 0.29) is 10.2 Å². The van der Waals surface area contributed by atoms with Crippen molar-refractivity contribution in [2.75, 3.05) is 0 Å². The van der Waals surface area contributed by atoms with Gasteiger partial charge in [-0.05, 0) is 34.1 Å². The standard InChI is InChI=1S/C9H4BrF4NO2/c10-6-3-5(15-4-16)1-2-7(6)17-9(13,14)8(11)12/h1-3,8H. The van der Waals surface area contributed by atoms with Gasteiger partial charge >= 0.3 is 12.5 Å². The Hall–Kier alpha value is -1.40. The lowest BCUT2D eigenvalue weighted by Crippen LogP contribution is -2.33. The Bertz CT molecular complexity index is 460. The third-order valence-electron chi connectivity index (χ3n) is 1.59. The molecule has 0 bridgehead atoms. The third-order valence-corrected chi connectivity index (χ3v) is 2.21. The second-order valence-corrected chi connectivity index (χ2v) is 3.64. The molecule has 1 rings (SSSR count). The number of benzene rings is 1. The molecule has 0 aliphatic carbocycles. The summed E-state index contributed by atoms with van der Waals surface area (Å²) in [5.74, 6) is -0.486. The summed E-state index contributed by atoms with van der Waals surface area (Å²) in [7, 11) is 0. The van der Waals surface area contributed by atoms with Crippen LogP contribution in [0.25, 0.3) is 0 Å². The first-order valence-electron chi connectivity index (χ1n) is 4.09. The van der Waals surface area contributed by atoms with Crippen LogP contribution >= 0.6 is 15.9 Å². The van der Waals surface area contributed by atoms with Gasteiger partial charge in [0.15, 0.2) is 0 Å². The van der Waals surface area contributed by atoms with Crippen LogP contribution < -0.4 is 4.74 Å². The Morgan fingerprint density at radius 2 is 2.06 bits per heavy atom.